The van der Waals surface area contributed by atoms with Crippen molar-refractivity contribution in [2.75, 3.05) is 20.1 Å². The van der Waals surface area contributed by atoms with E-state index in [4.69, 9.17) is 0 Å². The van der Waals surface area contributed by atoms with Gasteiger partial charge < -0.3 is 9.80 Å². The predicted octanol–water partition coefficient (Wildman–Crippen LogP) is 2.96. The van der Waals surface area contributed by atoms with E-state index in [1.165, 1.54) is 0 Å². The van der Waals surface area contributed by atoms with Crippen LogP contribution in [0.25, 0.3) is 0 Å². The summed E-state index contributed by atoms with van der Waals surface area (Å²) in [6, 6.07) is 1.84. The normalized spacial score (nSPS) is 13.6. The fourth-order valence-corrected chi connectivity index (χ4v) is 2.59. The predicted molar refractivity (Wildman–Crippen MR) is 92.0 cm³/mol. The molecule has 0 N–H and O–H groups in total. The highest BCUT2D eigenvalue weighted by atomic mass is 16.2. The van der Waals surface area contributed by atoms with Gasteiger partial charge in [0.2, 0.25) is 5.91 Å². The smallest absolute Gasteiger partial charge is 0.255 e. The molecule has 2 rings (SSSR count). The molecular formula is C18H29N3O2. The first-order chi connectivity index (χ1) is 11.0. The number of nitrogens with zero attached hydrogens (tertiary/aromatic N) is 3. The van der Waals surface area contributed by atoms with Gasteiger partial charge in [0.25, 0.3) is 5.91 Å². The zero-order valence-corrected chi connectivity index (χ0v) is 15.0. The molecule has 0 bridgehead atoms. The molecule has 0 aromatic carbocycles. The van der Waals surface area contributed by atoms with E-state index in [0.717, 1.165) is 31.5 Å². The molecule has 1 aliphatic rings. The van der Waals surface area contributed by atoms with Crippen molar-refractivity contribution >= 4 is 11.8 Å². The van der Waals surface area contributed by atoms with Crippen molar-refractivity contribution in [3.8, 4) is 0 Å². The van der Waals surface area contributed by atoms with Crippen LogP contribution in [0, 0.1) is 5.92 Å². The number of hydrogen-bond donors (Lipinski definition) is 0. The molecular weight excluding hydrogens is 290 g/mol. The number of carbonyl (C=O) groups excluding carboxylic acids is 2. The van der Waals surface area contributed by atoms with Gasteiger partial charge in [-0.3, -0.25) is 14.6 Å². The monoisotopic (exact) mass is 319 g/mol. The van der Waals surface area contributed by atoms with E-state index < -0.39 is 0 Å². The van der Waals surface area contributed by atoms with E-state index in [0.29, 0.717) is 12.1 Å². The van der Waals surface area contributed by atoms with Crippen molar-refractivity contribution in [2.24, 2.45) is 5.92 Å². The van der Waals surface area contributed by atoms with Gasteiger partial charge in [-0.05, 0) is 24.5 Å². The number of carbonyl (C=O) groups is 2. The Morgan fingerprint density at radius 3 is 2.39 bits per heavy atom. The van der Waals surface area contributed by atoms with E-state index in [1.807, 2.05) is 38.7 Å². The van der Waals surface area contributed by atoms with Gasteiger partial charge in [0, 0.05) is 45.0 Å². The van der Waals surface area contributed by atoms with Gasteiger partial charge in [-0.1, -0.05) is 27.7 Å². The Balaban J connectivity index is 0.00000127. The fraction of sp³-hybridized carbons (Fsp3) is 0.611. The number of rotatable bonds is 4. The number of aromatic nitrogens is 1. The van der Waals surface area contributed by atoms with Crippen molar-refractivity contribution in [3.63, 3.8) is 0 Å². The van der Waals surface area contributed by atoms with Crippen LogP contribution in [0.2, 0.25) is 0 Å². The summed E-state index contributed by atoms with van der Waals surface area (Å²) in [5, 5.41) is 0. The van der Waals surface area contributed by atoms with Gasteiger partial charge in [0.05, 0.1) is 5.56 Å². The molecule has 1 saturated heterocycles. The van der Waals surface area contributed by atoms with Crippen molar-refractivity contribution in [2.45, 2.75) is 47.1 Å². The summed E-state index contributed by atoms with van der Waals surface area (Å²) in [4.78, 5) is 31.9. The topological polar surface area (TPSA) is 53.5 Å². The minimum atomic E-state index is -0.0302. The lowest BCUT2D eigenvalue weighted by molar-refractivity contribution is -0.133. The van der Waals surface area contributed by atoms with Crippen LogP contribution in [0.5, 0.6) is 0 Å². The molecule has 1 fully saturated rings. The number of hydrogen-bond acceptors (Lipinski definition) is 3. The summed E-state index contributed by atoms with van der Waals surface area (Å²) < 4.78 is 0. The lowest BCUT2D eigenvalue weighted by Gasteiger charge is -2.20. The van der Waals surface area contributed by atoms with Crippen LogP contribution >= 0.6 is 0 Å². The SMILES string of the molecule is CC.CC(C)C(=O)N(C)Cc1cncc(C(=O)N2CCCC2)c1. The molecule has 0 aliphatic carbocycles. The zero-order chi connectivity index (χ0) is 17.4. The van der Waals surface area contributed by atoms with Crippen LogP contribution in [0.3, 0.4) is 0 Å². The molecule has 5 nitrogen and oxygen atoms in total. The molecule has 0 unspecified atom stereocenters. The molecule has 2 heterocycles. The van der Waals surface area contributed by atoms with E-state index >= 15 is 0 Å². The molecule has 1 aromatic rings. The maximum Gasteiger partial charge on any atom is 0.255 e. The highest BCUT2D eigenvalue weighted by Crippen LogP contribution is 2.14. The zero-order valence-electron chi connectivity index (χ0n) is 15.0. The van der Waals surface area contributed by atoms with Gasteiger partial charge in [0.15, 0.2) is 0 Å². The highest BCUT2D eigenvalue weighted by Gasteiger charge is 2.20. The number of likely N-dealkylation sites (tertiary alicyclic amines) is 1. The summed E-state index contributed by atoms with van der Waals surface area (Å²) in [5.74, 6) is 0.100. The minimum absolute atomic E-state index is 0.0302. The van der Waals surface area contributed by atoms with Gasteiger partial charge in [-0.2, -0.15) is 0 Å². The Bertz CT molecular complexity index is 523. The van der Waals surface area contributed by atoms with Crippen LogP contribution in [0.4, 0.5) is 0 Å². The summed E-state index contributed by atoms with van der Waals surface area (Å²) in [6.45, 7) is 9.89. The van der Waals surface area contributed by atoms with E-state index in [1.54, 1.807) is 24.3 Å². The van der Waals surface area contributed by atoms with Gasteiger partial charge in [-0.25, -0.2) is 0 Å². The average molecular weight is 319 g/mol. The second kappa shape index (κ2) is 9.28. The Morgan fingerprint density at radius 1 is 1.22 bits per heavy atom. The van der Waals surface area contributed by atoms with Crippen LogP contribution in [-0.2, 0) is 11.3 Å². The fourth-order valence-electron chi connectivity index (χ4n) is 2.59. The molecule has 128 valence electrons. The first kappa shape index (κ1) is 19.1. The molecule has 5 heteroatoms. The maximum atomic E-state index is 12.3. The molecule has 23 heavy (non-hydrogen) atoms. The van der Waals surface area contributed by atoms with Crippen LogP contribution in [-0.4, -0.2) is 46.7 Å². The third kappa shape index (κ3) is 5.34. The van der Waals surface area contributed by atoms with Gasteiger partial charge >= 0.3 is 0 Å². The Labute approximate surface area is 139 Å². The Kier molecular flexibility index (Phi) is 7.72. The Hall–Kier alpha value is -1.91. The van der Waals surface area contributed by atoms with Crippen molar-refractivity contribution in [1.82, 2.24) is 14.8 Å². The van der Waals surface area contributed by atoms with Gasteiger partial charge in [-0.15, -0.1) is 0 Å². The molecule has 0 atom stereocenters. The van der Waals surface area contributed by atoms with Gasteiger partial charge in [0.1, 0.15) is 0 Å². The first-order valence-electron chi connectivity index (χ1n) is 8.47. The highest BCUT2D eigenvalue weighted by molar-refractivity contribution is 5.94. The first-order valence-corrected chi connectivity index (χ1v) is 8.47. The van der Waals surface area contributed by atoms with E-state index in [9.17, 15) is 9.59 Å². The molecule has 0 saturated carbocycles. The van der Waals surface area contributed by atoms with Crippen LogP contribution < -0.4 is 0 Å². The average Bonchev–Trinajstić information content (AvgIpc) is 3.09. The third-order valence-corrected chi connectivity index (χ3v) is 3.72. The summed E-state index contributed by atoms with van der Waals surface area (Å²) in [7, 11) is 1.78. The van der Waals surface area contributed by atoms with Crippen molar-refractivity contribution < 1.29 is 9.59 Å². The third-order valence-electron chi connectivity index (χ3n) is 3.72. The largest absolute Gasteiger partial charge is 0.341 e. The quantitative estimate of drug-likeness (QED) is 0.857. The second-order valence-corrected chi connectivity index (χ2v) is 5.93. The Morgan fingerprint density at radius 2 is 1.83 bits per heavy atom. The lowest BCUT2D eigenvalue weighted by atomic mass is 10.1. The molecule has 1 aliphatic heterocycles. The molecule has 1 aromatic heterocycles. The van der Waals surface area contributed by atoms with Crippen LogP contribution in [0.1, 0.15) is 56.5 Å². The maximum absolute atomic E-state index is 12.3. The van der Waals surface area contributed by atoms with Crippen molar-refractivity contribution in [1.29, 1.82) is 0 Å². The van der Waals surface area contributed by atoms with E-state index in [2.05, 4.69) is 4.98 Å². The van der Waals surface area contributed by atoms with E-state index in [-0.39, 0.29) is 17.7 Å². The minimum Gasteiger partial charge on any atom is -0.341 e. The van der Waals surface area contributed by atoms with Crippen molar-refractivity contribution in [3.05, 3.63) is 29.6 Å². The number of amides is 2. The summed E-state index contributed by atoms with van der Waals surface area (Å²) >= 11 is 0. The standard InChI is InChI=1S/C16H23N3O2.C2H6/c1-12(2)15(20)18(3)11-13-8-14(10-17-9-13)16(21)19-6-4-5-7-19;1-2/h8-10,12H,4-7,11H2,1-3H3;1-2H3. The summed E-state index contributed by atoms with van der Waals surface area (Å²) in [5.41, 5.74) is 1.50. The lowest BCUT2D eigenvalue weighted by Crippen LogP contribution is -2.30. The molecule has 0 radical (unpaired) electrons. The second-order valence-electron chi connectivity index (χ2n) is 5.93. The number of pyridine rings is 1. The van der Waals surface area contributed by atoms with Crippen LogP contribution in [0.15, 0.2) is 18.5 Å². The summed E-state index contributed by atoms with van der Waals surface area (Å²) in [6.07, 6.45) is 5.47. The molecule has 0 spiro atoms. The molecule has 2 amide bonds.